The molecule has 0 saturated carbocycles. The molecule has 1 heterocycles. The first-order chi connectivity index (χ1) is 8.11. The van der Waals surface area contributed by atoms with Gasteiger partial charge in [0.2, 0.25) is 0 Å². The molecule has 1 aromatic carbocycles. The molecule has 0 spiro atoms. The Morgan fingerprint density at radius 3 is 2.88 bits per heavy atom. The first-order valence-electron chi connectivity index (χ1n) is 4.66. The number of phenolic OH excluding ortho intramolecular Hbond substituents is 1. The predicted octanol–water partition coefficient (Wildman–Crippen LogP) is 1.89. The largest absolute Gasteiger partial charge is 0.504 e. The molecule has 88 valence electrons. The van der Waals surface area contributed by atoms with Crippen LogP contribution in [0.4, 0.5) is 0 Å². The van der Waals surface area contributed by atoms with E-state index in [-0.39, 0.29) is 16.8 Å². The first-order valence-corrected chi connectivity index (χ1v) is 5.03. The summed E-state index contributed by atoms with van der Waals surface area (Å²) in [6, 6.07) is 4.89. The fourth-order valence-corrected chi connectivity index (χ4v) is 1.51. The smallest absolute Gasteiger partial charge is 0.364 e. The maximum Gasteiger partial charge on any atom is 0.364 e. The Bertz CT molecular complexity index is 536. The molecule has 0 amide bonds. The van der Waals surface area contributed by atoms with E-state index in [0.717, 1.165) is 0 Å². The highest BCUT2D eigenvalue weighted by molar-refractivity contribution is 6.64. The number of aromatic hydroxyl groups is 1. The third-order valence-corrected chi connectivity index (χ3v) is 2.30. The van der Waals surface area contributed by atoms with Gasteiger partial charge in [-0.25, -0.2) is 4.79 Å². The number of cyclic esters (lactones) is 1. The zero-order chi connectivity index (χ0) is 12.4. The molecule has 1 aliphatic heterocycles. The highest BCUT2D eigenvalue weighted by atomic mass is 35.5. The average molecular weight is 254 g/mol. The minimum absolute atomic E-state index is 0.0264. The Morgan fingerprint density at radius 1 is 1.53 bits per heavy atom. The van der Waals surface area contributed by atoms with Crippen molar-refractivity contribution in [3.05, 3.63) is 29.5 Å². The third kappa shape index (κ3) is 2.24. The van der Waals surface area contributed by atoms with Gasteiger partial charge >= 0.3 is 5.97 Å². The number of benzene rings is 1. The highest BCUT2D eigenvalue weighted by Crippen LogP contribution is 2.31. The second-order valence-corrected chi connectivity index (χ2v) is 3.51. The van der Waals surface area contributed by atoms with Crippen molar-refractivity contribution in [2.24, 2.45) is 4.99 Å². The molecule has 0 unspecified atom stereocenters. The number of aliphatic imine (C=N–C) groups is 1. The van der Waals surface area contributed by atoms with E-state index < -0.39 is 5.97 Å². The van der Waals surface area contributed by atoms with E-state index in [2.05, 4.69) is 9.73 Å². The summed E-state index contributed by atoms with van der Waals surface area (Å²) in [4.78, 5) is 14.9. The number of para-hydroxylation sites is 1. The molecule has 0 bridgehead atoms. The maximum atomic E-state index is 11.3. The number of halogens is 1. The van der Waals surface area contributed by atoms with Gasteiger partial charge in [0.25, 0.3) is 5.36 Å². The second kappa shape index (κ2) is 4.47. The number of hydrogen-bond acceptors (Lipinski definition) is 5. The number of ether oxygens (including phenoxy) is 2. The molecule has 17 heavy (non-hydrogen) atoms. The fraction of sp³-hybridized carbons (Fsp3) is 0.0909. The highest BCUT2D eigenvalue weighted by Gasteiger charge is 2.22. The van der Waals surface area contributed by atoms with Gasteiger partial charge in [-0.05, 0) is 23.7 Å². The van der Waals surface area contributed by atoms with Crippen LogP contribution in [-0.2, 0) is 9.53 Å². The summed E-state index contributed by atoms with van der Waals surface area (Å²) in [6.45, 7) is 0. The molecular weight excluding hydrogens is 246 g/mol. The summed E-state index contributed by atoms with van der Waals surface area (Å²) in [5, 5.41) is 9.57. The summed E-state index contributed by atoms with van der Waals surface area (Å²) in [6.07, 6.45) is 1.37. The minimum atomic E-state index is -0.655. The number of esters is 1. The Labute approximate surface area is 102 Å². The molecule has 1 N–H and O–H groups in total. The molecule has 0 atom stereocenters. The lowest BCUT2D eigenvalue weighted by molar-refractivity contribution is -0.129. The number of hydrogen-bond donors (Lipinski definition) is 1. The predicted molar refractivity (Wildman–Crippen MR) is 62.0 cm³/mol. The van der Waals surface area contributed by atoms with Crippen LogP contribution in [0, 0.1) is 0 Å². The van der Waals surface area contributed by atoms with Crippen molar-refractivity contribution >= 4 is 29.0 Å². The molecule has 1 aromatic rings. The summed E-state index contributed by atoms with van der Waals surface area (Å²) >= 11 is 5.45. The number of methoxy groups -OCH3 is 1. The molecule has 0 aromatic heterocycles. The van der Waals surface area contributed by atoms with Gasteiger partial charge in [0.05, 0.1) is 7.11 Å². The van der Waals surface area contributed by atoms with Crippen molar-refractivity contribution in [2.75, 3.05) is 7.11 Å². The number of nitrogens with zero attached hydrogens (tertiary/aromatic N) is 1. The zero-order valence-corrected chi connectivity index (χ0v) is 9.56. The van der Waals surface area contributed by atoms with Crippen molar-refractivity contribution in [3.8, 4) is 11.5 Å². The number of carbonyl (C=O) groups is 1. The van der Waals surface area contributed by atoms with E-state index >= 15 is 0 Å². The van der Waals surface area contributed by atoms with Crippen LogP contribution < -0.4 is 4.74 Å². The Hall–Kier alpha value is -2.01. The monoisotopic (exact) mass is 253 g/mol. The molecule has 0 aliphatic carbocycles. The molecule has 1 aliphatic rings. The van der Waals surface area contributed by atoms with Crippen molar-refractivity contribution in [1.82, 2.24) is 0 Å². The molecule has 2 rings (SSSR count). The van der Waals surface area contributed by atoms with Gasteiger partial charge in [-0.3, -0.25) is 0 Å². The van der Waals surface area contributed by atoms with E-state index in [1.165, 1.54) is 13.2 Å². The lowest BCUT2D eigenvalue weighted by atomic mass is 10.1. The second-order valence-electron chi connectivity index (χ2n) is 3.18. The molecule has 0 fully saturated rings. The van der Waals surface area contributed by atoms with Gasteiger partial charge in [-0.15, -0.1) is 0 Å². The molecular formula is C11H8ClNO4. The Balaban J connectivity index is 2.43. The van der Waals surface area contributed by atoms with E-state index in [0.29, 0.717) is 11.3 Å². The van der Waals surface area contributed by atoms with Crippen LogP contribution in [0.3, 0.4) is 0 Å². The summed E-state index contributed by atoms with van der Waals surface area (Å²) < 4.78 is 9.48. The van der Waals surface area contributed by atoms with Crippen molar-refractivity contribution in [2.45, 2.75) is 0 Å². The quantitative estimate of drug-likeness (QED) is 0.646. The van der Waals surface area contributed by atoms with Crippen LogP contribution in [-0.4, -0.2) is 23.5 Å². The Kier molecular flexibility index (Phi) is 3.01. The zero-order valence-electron chi connectivity index (χ0n) is 8.81. The van der Waals surface area contributed by atoms with Crippen LogP contribution >= 0.6 is 11.6 Å². The van der Waals surface area contributed by atoms with Gasteiger partial charge in [0.1, 0.15) is 0 Å². The third-order valence-electron chi connectivity index (χ3n) is 2.14. The summed E-state index contributed by atoms with van der Waals surface area (Å²) in [7, 11) is 1.44. The van der Waals surface area contributed by atoms with E-state index in [1.807, 2.05) is 0 Å². The lowest BCUT2D eigenvalue weighted by Crippen LogP contribution is -1.98. The van der Waals surface area contributed by atoms with Crippen LogP contribution in [0.25, 0.3) is 6.08 Å². The Morgan fingerprint density at radius 2 is 2.29 bits per heavy atom. The normalized spacial score (nSPS) is 16.9. The van der Waals surface area contributed by atoms with E-state index in [4.69, 9.17) is 16.3 Å². The van der Waals surface area contributed by atoms with Crippen molar-refractivity contribution in [3.63, 3.8) is 0 Å². The van der Waals surface area contributed by atoms with Gasteiger partial charge in [-0.2, -0.15) is 4.99 Å². The van der Waals surface area contributed by atoms with E-state index in [1.54, 1.807) is 18.2 Å². The average Bonchev–Trinajstić information content (AvgIpc) is 2.60. The summed E-state index contributed by atoms with van der Waals surface area (Å²) in [5.41, 5.74) is 0.421. The van der Waals surface area contributed by atoms with Gasteiger partial charge in [0, 0.05) is 5.56 Å². The molecule has 6 heteroatoms. The first kappa shape index (κ1) is 11.5. The molecule has 5 nitrogen and oxygen atoms in total. The molecule has 0 saturated heterocycles. The van der Waals surface area contributed by atoms with Crippen molar-refractivity contribution in [1.29, 1.82) is 0 Å². The van der Waals surface area contributed by atoms with Crippen LogP contribution in [0.15, 0.2) is 28.9 Å². The topological polar surface area (TPSA) is 68.1 Å². The van der Waals surface area contributed by atoms with Crippen LogP contribution in [0.1, 0.15) is 5.56 Å². The van der Waals surface area contributed by atoms with Crippen LogP contribution in [0.2, 0.25) is 0 Å². The standard InChI is InChI=1S/C11H8ClNO4/c1-16-8-4-2-3-6(9(8)14)5-7-10(15)17-11(12)13-7/h2-5,14H,1H3/b7-5+. The number of phenols is 1. The SMILES string of the molecule is COc1cccc(/C=C2/N=C(Cl)OC2=O)c1O. The lowest BCUT2D eigenvalue weighted by Gasteiger charge is -2.05. The van der Waals surface area contributed by atoms with Crippen LogP contribution in [0.5, 0.6) is 11.5 Å². The van der Waals surface area contributed by atoms with Crippen molar-refractivity contribution < 1.29 is 19.4 Å². The van der Waals surface area contributed by atoms with E-state index in [9.17, 15) is 9.90 Å². The van der Waals surface area contributed by atoms with Gasteiger partial charge in [0.15, 0.2) is 17.2 Å². The molecule has 0 radical (unpaired) electrons. The number of rotatable bonds is 2. The summed E-state index contributed by atoms with van der Waals surface area (Å²) in [5.74, 6) is -0.425. The minimum Gasteiger partial charge on any atom is -0.504 e. The van der Waals surface area contributed by atoms with Gasteiger partial charge < -0.3 is 14.6 Å². The number of carbonyl (C=O) groups excluding carboxylic acids is 1. The fourth-order valence-electron chi connectivity index (χ4n) is 1.35. The van der Waals surface area contributed by atoms with Gasteiger partial charge in [-0.1, -0.05) is 12.1 Å². The maximum absolute atomic E-state index is 11.3.